The molecule has 0 fully saturated rings. The van der Waals surface area contributed by atoms with Crippen molar-refractivity contribution in [3.8, 4) is 0 Å². The van der Waals surface area contributed by atoms with Gasteiger partial charge in [0, 0.05) is 11.5 Å². The minimum atomic E-state index is -0.161. The number of hydrogen-bond donors (Lipinski definition) is 0. The van der Waals surface area contributed by atoms with Gasteiger partial charge in [-0.15, -0.1) is 0 Å². The van der Waals surface area contributed by atoms with Crippen LogP contribution >= 0.6 is 21.6 Å². The van der Waals surface area contributed by atoms with Crippen molar-refractivity contribution in [2.45, 2.75) is 26.7 Å². The summed E-state index contributed by atoms with van der Waals surface area (Å²) in [5.74, 6) is 0.976. The van der Waals surface area contributed by atoms with Crippen LogP contribution in [0.1, 0.15) is 26.7 Å². The van der Waals surface area contributed by atoms with E-state index in [9.17, 15) is 9.59 Å². The van der Waals surface area contributed by atoms with Gasteiger partial charge in [0.15, 0.2) is 0 Å². The topological polar surface area (TPSA) is 52.6 Å². The van der Waals surface area contributed by atoms with Gasteiger partial charge in [0.25, 0.3) is 0 Å². The molecule has 0 rings (SSSR count). The maximum absolute atomic E-state index is 11.4. The summed E-state index contributed by atoms with van der Waals surface area (Å²) in [5.41, 5.74) is 0. The van der Waals surface area contributed by atoms with Gasteiger partial charge in [0.05, 0.1) is 26.1 Å². The summed E-state index contributed by atoms with van der Waals surface area (Å²) in [6.07, 6.45) is 1.54. The zero-order valence-corrected chi connectivity index (χ0v) is 13.1. The summed E-state index contributed by atoms with van der Waals surface area (Å²) >= 11 is 0. The smallest absolute Gasteiger partial charge is 0.309 e. The van der Waals surface area contributed by atoms with Crippen molar-refractivity contribution < 1.29 is 19.1 Å². The van der Waals surface area contributed by atoms with Crippen LogP contribution < -0.4 is 0 Å². The predicted molar refractivity (Wildman–Crippen MR) is 76.5 cm³/mol. The number of carbonyl (C=O) groups excluding carboxylic acids is 2. The maximum atomic E-state index is 11.4. The van der Waals surface area contributed by atoms with E-state index in [0.717, 1.165) is 12.8 Å². The van der Waals surface area contributed by atoms with E-state index < -0.39 is 0 Å². The Morgan fingerprint density at radius 2 is 1.22 bits per heavy atom. The number of rotatable bonds is 9. The van der Waals surface area contributed by atoms with Crippen LogP contribution in [-0.2, 0) is 19.1 Å². The van der Waals surface area contributed by atoms with Gasteiger partial charge in [0.2, 0.25) is 0 Å². The standard InChI is InChI=1S/C12H22O4S2/c1-5-9(11(13)15-3)7-17-18-8-10(6-2)12(14)16-4/h9-10H,5-8H2,1-4H3. The zero-order valence-electron chi connectivity index (χ0n) is 11.4. The van der Waals surface area contributed by atoms with Crippen molar-refractivity contribution in [3.05, 3.63) is 0 Å². The first-order valence-electron chi connectivity index (χ1n) is 6.00. The van der Waals surface area contributed by atoms with E-state index in [0.29, 0.717) is 11.5 Å². The van der Waals surface area contributed by atoms with Crippen molar-refractivity contribution in [2.75, 3.05) is 25.7 Å². The maximum Gasteiger partial charge on any atom is 0.309 e. The number of methoxy groups -OCH3 is 2. The average Bonchev–Trinajstić information content (AvgIpc) is 2.41. The fourth-order valence-corrected chi connectivity index (χ4v) is 4.13. The summed E-state index contributed by atoms with van der Waals surface area (Å²) < 4.78 is 9.45. The molecule has 0 aromatic heterocycles. The summed E-state index contributed by atoms with van der Waals surface area (Å²) in [7, 11) is 6.04. The lowest BCUT2D eigenvalue weighted by molar-refractivity contribution is -0.145. The third-order valence-electron chi connectivity index (χ3n) is 2.68. The molecule has 0 aliphatic carbocycles. The quantitative estimate of drug-likeness (QED) is 0.370. The molecule has 0 heterocycles. The van der Waals surface area contributed by atoms with Crippen LogP contribution in [0.25, 0.3) is 0 Å². The van der Waals surface area contributed by atoms with Crippen molar-refractivity contribution in [2.24, 2.45) is 11.8 Å². The Morgan fingerprint density at radius 3 is 1.44 bits per heavy atom. The highest BCUT2D eigenvalue weighted by Gasteiger charge is 2.19. The van der Waals surface area contributed by atoms with Crippen LogP contribution in [0.2, 0.25) is 0 Å². The van der Waals surface area contributed by atoms with Gasteiger partial charge >= 0.3 is 11.9 Å². The van der Waals surface area contributed by atoms with Gasteiger partial charge < -0.3 is 9.47 Å². The minimum Gasteiger partial charge on any atom is -0.469 e. The molecule has 0 aliphatic heterocycles. The minimum absolute atomic E-state index is 0.0642. The van der Waals surface area contributed by atoms with E-state index in [1.807, 2.05) is 13.8 Å². The van der Waals surface area contributed by atoms with Gasteiger partial charge in [-0.3, -0.25) is 9.59 Å². The molecule has 18 heavy (non-hydrogen) atoms. The lowest BCUT2D eigenvalue weighted by Gasteiger charge is -2.13. The molecule has 0 radical (unpaired) electrons. The number of esters is 2. The monoisotopic (exact) mass is 294 g/mol. The SMILES string of the molecule is CCC(CSSCC(CC)C(=O)OC)C(=O)OC. The first-order valence-corrected chi connectivity index (χ1v) is 8.49. The third kappa shape index (κ3) is 6.54. The van der Waals surface area contributed by atoms with E-state index in [1.165, 1.54) is 14.2 Å². The molecular weight excluding hydrogens is 272 g/mol. The molecule has 2 atom stereocenters. The van der Waals surface area contributed by atoms with E-state index in [-0.39, 0.29) is 23.8 Å². The van der Waals surface area contributed by atoms with Gasteiger partial charge in [-0.25, -0.2) is 0 Å². The van der Waals surface area contributed by atoms with Crippen molar-refractivity contribution in [1.29, 1.82) is 0 Å². The Hall–Kier alpha value is -0.360. The molecule has 0 bridgehead atoms. The van der Waals surface area contributed by atoms with E-state index >= 15 is 0 Å². The fraction of sp³-hybridized carbons (Fsp3) is 0.833. The van der Waals surface area contributed by atoms with Crippen LogP contribution in [0, 0.1) is 11.8 Å². The highest BCUT2D eigenvalue weighted by molar-refractivity contribution is 8.76. The largest absolute Gasteiger partial charge is 0.469 e. The van der Waals surface area contributed by atoms with Crippen LogP contribution in [0.4, 0.5) is 0 Å². The zero-order chi connectivity index (χ0) is 14.0. The Kier molecular flexibility index (Phi) is 10.3. The van der Waals surface area contributed by atoms with Crippen LogP contribution in [0.3, 0.4) is 0 Å². The number of hydrogen-bond acceptors (Lipinski definition) is 6. The molecule has 0 N–H and O–H groups in total. The number of ether oxygens (including phenoxy) is 2. The lowest BCUT2D eigenvalue weighted by atomic mass is 10.1. The van der Waals surface area contributed by atoms with Crippen molar-refractivity contribution in [1.82, 2.24) is 0 Å². The molecule has 4 nitrogen and oxygen atoms in total. The second-order valence-electron chi connectivity index (χ2n) is 3.83. The lowest BCUT2D eigenvalue weighted by Crippen LogP contribution is -2.18. The van der Waals surface area contributed by atoms with Crippen LogP contribution in [0.5, 0.6) is 0 Å². The van der Waals surface area contributed by atoms with Crippen LogP contribution in [-0.4, -0.2) is 37.7 Å². The molecule has 0 spiro atoms. The Labute approximate surface area is 117 Å². The van der Waals surface area contributed by atoms with E-state index in [2.05, 4.69) is 0 Å². The third-order valence-corrected chi connectivity index (χ3v) is 5.24. The van der Waals surface area contributed by atoms with Gasteiger partial charge in [-0.1, -0.05) is 35.4 Å². The Bertz CT molecular complexity index is 232. The van der Waals surface area contributed by atoms with Crippen molar-refractivity contribution in [3.63, 3.8) is 0 Å². The molecule has 2 unspecified atom stereocenters. The average molecular weight is 294 g/mol. The molecule has 6 heteroatoms. The van der Waals surface area contributed by atoms with Gasteiger partial charge in [-0.05, 0) is 12.8 Å². The molecule has 0 aromatic carbocycles. The molecule has 106 valence electrons. The van der Waals surface area contributed by atoms with Gasteiger partial charge in [-0.2, -0.15) is 0 Å². The summed E-state index contributed by atoms with van der Waals surface area (Å²) in [5, 5.41) is 0. The second-order valence-corrected chi connectivity index (χ2v) is 6.38. The summed E-state index contributed by atoms with van der Waals surface area (Å²) in [6.45, 7) is 3.94. The van der Waals surface area contributed by atoms with Crippen molar-refractivity contribution >= 4 is 33.5 Å². The van der Waals surface area contributed by atoms with E-state index in [4.69, 9.17) is 9.47 Å². The summed E-state index contributed by atoms with van der Waals surface area (Å²) in [6, 6.07) is 0. The fourth-order valence-electron chi connectivity index (χ4n) is 1.30. The first kappa shape index (κ1) is 17.6. The highest BCUT2D eigenvalue weighted by Crippen LogP contribution is 2.28. The number of carbonyl (C=O) groups is 2. The highest BCUT2D eigenvalue weighted by atomic mass is 33.1. The molecule has 0 amide bonds. The normalized spacial score (nSPS) is 13.8. The van der Waals surface area contributed by atoms with Crippen LogP contribution in [0.15, 0.2) is 0 Å². The van der Waals surface area contributed by atoms with Gasteiger partial charge in [0.1, 0.15) is 0 Å². The second kappa shape index (κ2) is 10.6. The molecule has 0 saturated carbocycles. The Morgan fingerprint density at radius 1 is 0.889 bits per heavy atom. The molecule has 0 aliphatic rings. The molecular formula is C12H22O4S2. The molecule has 0 aromatic rings. The first-order chi connectivity index (χ1) is 8.60. The Balaban J connectivity index is 3.89. The molecule has 0 saturated heterocycles. The summed E-state index contributed by atoms with van der Waals surface area (Å²) in [4.78, 5) is 22.7. The van der Waals surface area contributed by atoms with E-state index in [1.54, 1.807) is 21.6 Å². The predicted octanol–water partition coefficient (Wildman–Crippen LogP) is 2.77.